The first-order valence-electron chi connectivity index (χ1n) is 5.17. The van der Waals surface area contributed by atoms with Gasteiger partial charge in [0.25, 0.3) is 0 Å². The van der Waals surface area contributed by atoms with Gasteiger partial charge in [-0.3, -0.25) is 4.79 Å². The summed E-state index contributed by atoms with van der Waals surface area (Å²) in [6.45, 7) is 3.12. The van der Waals surface area contributed by atoms with Gasteiger partial charge in [-0.2, -0.15) is 0 Å². The minimum Gasteiger partial charge on any atom is -0.368 e. The summed E-state index contributed by atoms with van der Waals surface area (Å²) in [4.78, 5) is 13.2. The molecule has 0 amide bonds. The van der Waals surface area contributed by atoms with E-state index in [0.29, 0.717) is 6.04 Å². The highest BCUT2D eigenvalue weighted by atomic mass is 16.1. The van der Waals surface area contributed by atoms with E-state index in [9.17, 15) is 4.79 Å². The Morgan fingerprint density at radius 2 is 2.14 bits per heavy atom. The molecule has 0 spiro atoms. The number of hydrogen-bond donors (Lipinski definition) is 0. The molecular weight excluding hydrogens is 174 g/mol. The molecule has 0 unspecified atom stereocenters. The van der Waals surface area contributed by atoms with Crippen molar-refractivity contribution in [2.75, 3.05) is 11.4 Å². The van der Waals surface area contributed by atoms with Crippen LogP contribution in [0.15, 0.2) is 24.3 Å². The fraction of sp³-hybridized carbons (Fsp3) is 0.417. The van der Waals surface area contributed by atoms with Crippen molar-refractivity contribution in [2.45, 2.75) is 25.8 Å². The normalized spacial score (nSPS) is 15.2. The number of aldehydes is 1. The van der Waals surface area contributed by atoms with E-state index in [1.165, 1.54) is 12.8 Å². The smallest absolute Gasteiger partial charge is 0.152 e. The zero-order chi connectivity index (χ0) is 9.97. The number of benzene rings is 1. The highest BCUT2D eigenvalue weighted by Crippen LogP contribution is 2.32. The zero-order valence-electron chi connectivity index (χ0n) is 8.44. The molecule has 1 aromatic carbocycles. The summed E-state index contributed by atoms with van der Waals surface area (Å²) >= 11 is 0. The number of carbonyl (C=O) groups excluding carboxylic acids is 1. The van der Waals surface area contributed by atoms with Crippen molar-refractivity contribution >= 4 is 12.0 Å². The predicted molar refractivity (Wildman–Crippen MR) is 57.9 cm³/mol. The summed E-state index contributed by atoms with van der Waals surface area (Å²) in [5.74, 6) is 0. The van der Waals surface area contributed by atoms with Crippen molar-refractivity contribution in [3.63, 3.8) is 0 Å². The molecule has 0 radical (unpaired) electrons. The van der Waals surface area contributed by atoms with E-state index < -0.39 is 0 Å². The van der Waals surface area contributed by atoms with Crippen LogP contribution in [0.5, 0.6) is 0 Å². The van der Waals surface area contributed by atoms with Crippen LogP contribution in [-0.4, -0.2) is 18.9 Å². The van der Waals surface area contributed by atoms with Gasteiger partial charge >= 0.3 is 0 Å². The van der Waals surface area contributed by atoms with Gasteiger partial charge in [0.15, 0.2) is 6.29 Å². The molecule has 74 valence electrons. The van der Waals surface area contributed by atoms with Crippen LogP contribution in [-0.2, 0) is 0 Å². The van der Waals surface area contributed by atoms with E-state index in [0.717, 1.165) is 24.1 Å². The van der Waals surface area contributed by atoms with E-state index >= 15 is 0 Å². The van der Waals surface area contributed by atoms with Crippen molar-refractivity contribution in [1.29, 1.82) is 0 Å². The maximum Gasteiger partial charge on any atom is 0.152 e. The summed E-state index contributed by atoms with van der Waals surface area (Å²) in [6, 6.07) is 8.49. The Morgan fingerprint density at radius 3 is 2.71 bits per heavy atom. The Balaban J connectivity index is 2.32. The monoisotopic (exact) mass is 189 g/mol. The predicted octanol–water partition coefficient (Wildman–Crippen LogP) is 2.49. The third-order valence-electron chi connectivity index (χ3n) is 2.70. The Labute approximate surface area is 84.5 Å². The van der Waals surface area contributed by atoms with Gasteiger partial charge in [0.1, 0.15) is 0 Å². The first-order chi connectivity index (χ1) is 6.86. The molecular formula is C12H15NO. The molecule has 0 atom stereocenters. The molecule has 1 aliphatic rings. The Hall–Kier alpha value is -1.31. The van der Waals surface area contributed by atoms with Crippen LogP contribution in [0.4, 0.5) is 5.69 Å². The van der Waals surface area contributed by atoms with E-state index in [2.05, 4.69) is 11.8 Å². The maximum atomic E-state index is 10.9. The van der Waals surface area contributed by atoms with Crippen LogP contribution in [0.25, 0.3) is 0 Å². The van der Waals surface area contributed by atoms with Crippen LogP contribution in [0.1, 0.15) is 30.1 Å². The lowest BCUT2D eigenvalue weighted by Gasteiger charge is -2.24. The second-order valence-electron chi connectivity index (χ2n) is 3.69. The Morgan fingerprint density at radius 1 is 1.43 bits per heavy atom. The van der Waals surface area contributed by atoms with Crippen LogP contribution in [0.2, 0.25) is 0 Å². The van der Waals surface area contributed by atoms with Crippen molar-refractivity contribution in [3.05, 3.63) is 29.8 Å². The lowest BCUT2D eigenvalue weighted by Crippen LogP contribution is -2.25. The van der Waals surface area contributed by atoms with Crippen molar-refractivity contribution in [2.24, 2.45) is 0 Å². The van der Waals surface area contributed by atoms with Gasteiger partial charge in [-0.05, 0) is 31.9 Å². The summed E-state index contributed by atoms with van der Waals surface area (Å²) in [5.41, 5.74) is 1.90. The van der Waals surface area contributed by atoms with Gasteiger partial charge < -0.3 is 4.90 Å². The summed E-state index contributed by atoms with van der Waals surface area (Å²) < 4.78 is 0. The number of rotatable bonds is 4. The van der Waals surface area contributed by atoms with Crippen LogP contribution >= 0.6 is 0 Å². The quantitative estimate of drug-likeness (QED) is 0.678. The number of anilines is 1. The average Bonchev–Trinajstić information content (AvgIpc) is 3.04. The minimum atomic E-state index is 0.668. The zero-order valence-corrected chi connectivity index (χ0v) is 8.44. The number of hydrogen-bond acceptors (Lipinski definition) is 2. The molecule has 0 heterocycles. The second kappa shape index (κ2) is 3.82. The molecule has 2 rings (SSSR count). The lowest BCUT2D eigenvalue weighted by atomic mass is 10.1. The van der Waals surface area contributed by atoms with Gasteiger partial charge in [-0.25, -0.2) is 0 Å². The molecule has 1 aromatic rings. The van der Waals surface area contributed by atoms with Crippen molar-refractivity contribution in [3.8, 4) is 0 Å². The first-order valence-corrected chi connectivity index (χ1v) is 5.17. The van der Waals surface area contributed by atoms with Gasteiger partial charge in [-0.15, -0.1) is 0 Å². The fourth-order valence-corrected chi connectivity index (χ4v) is 1.86. The van der Waals surface area contributed by atoms with Crippen LogP contribution in [0, 0.1) is 0 Å². The standard InChI is InChI=1S/C12H15NO/c1-2-13(11-7-8-11)12-6-4-3-5-10(12)9-14/h3-6,9,11H,2,7-8H2,1H3. The molecule has 14 heavy (non-hydrogen) atoms. The maximum absolute atomic E-state index is 10.9. The first kappa shape index (κ1) is 9.25. The molecule has 0 aromatic heterocycles. The van der Waals surface area contributed by atoms with E-state index in [1.807, 2.05) is 24.3 Å². The minimum absolute atomic E-state index is 0.668. The number of carbonyl (C=O) groups is 1. The van der Waals surface area contributed by atoms with E-state index in [4.69, 9.17) is 0 Å². The highest BCUT2D eigenvalue weighted by Gasteiger charge is 2.28. The summed E-state index contributed by atoms with van der Waals surface area (Å²) in [7, 11) is 0. The average molecular weight is 189 g/mol. The summed E-state index contributed by atoms with van der Waals surface area (Å²) in [5, 5.41) is 0. The van der Waals surface area contributed by atoms with Gasteiger partial charge in [0, 0.05) is 23.8 Å². The molecule has 0 bridgehead atoms. The van der Waals surface area contributed by atoms with Crippen molar-refractivity contribution in [1.82, 2.24) is 0 Å². The Bertz CT molecular complexity index is 331. The van der Waals surface area contributed by atoms with Gasteiger partial charge in [-0.1, -0.05) is 12.1 Å². The molecule has 0 saturated heterocycles. The molecule has 2 nitrogen and oxygen atoms in total. The second-order valence-corrected chi connectivity index (χ2v) is 3.69. The third kappa shape index (κ3) is 1.65. The number of nitrogens with zero attached hydrogens (tertiary/aromatic N) is 1. The van der Waals surface area contributed by atoms with E-state index in [-0.39, 0.29) is 0 Å². The molecule has 1 aliphatic carbocycles. The molecule has 1 saturated carbocycles. The molecule has 2 heteroatoms. The van der Waals surface area contributed by atoms with Gasteiger partial charge in [0.05, 0.1) is 0 Å². The molecule has 0 N–H and O–H groups in total. The third-order valence-corrected chi connectivity index (χ3v) is 2.70. The summed E-state index contributed by atoms with van der Waals surface area (Å²) in [6.07, 6.45) is 3.47. The number of para-hydroxylation sites is 1. The highest BCUT2D eigenvalue weighted by molar-refractivity contribution is 5.84. The molecule has 1 fully saturated rings. The SMILES string of the molecule is CCN(c1ccccc1C=O)C1CC1. The van der Waals surface area contributed by atoms with Crippen LogP contribution < -0.4 is 4.90 Å². The van der Waals surface area contributed by atoms with Crippen LogP contribution in [0.3, 0.4) is 0 Å². The van der Waals surface area contributed by atoms with Crippen molar-refractivity contribution < 1.29 is 4.79 Å². The largest absolute Gasteiger partial charge is 0.368 e. The van der Waals surface area contributed by atoms with E-state index in [1.54, 1.807) is 0 Å². The lowest BCUT2D eigenvalue weighted by molar-refractivity contribution is 0.112. The topological polar surface area (TPSA) is 20.3 Å². The fourth-order valence-electron chi connectivity index (χ4n) is 1.86. The van der Waals surface area contributed by atoms with Gasteiger partial charge in [0.2, 0.25) is 0 Å². The molecule has 0 aliphatic heterocycles. The Kier molecular flexibility index (Phi) is 2.53.